The van der Waals surface area contributed by atoms with Gasteiger partial charge < -0.3 is 19.9 Å². The number of methoxy groups -OCH3 is 1. The van der Waals surface area contributed by atoms with Gasteiger partial charge in [0, 0.05) is 31.8 Å². The van der Waals surface area contributed by atoms with Crippen LogP contribution in [0.25, 0.3) is 0 Å². The summed E-state index contributed by atoms with van der Waals surface area (Å²) in [6.07, 6.45) is 3.35. The van der Waals surface area contributed by atoms with Crippen molar-refractivity contribution < 1.29 is 14.3 Å². The second-order valence-corrected chi connectivity index (χ2v) is 8.77. The minimum absolute atomic E-state index is 0.0260. The summed E-state index contributed by atoms with van der Waals surface area (Å²) in [6, 6.07) is 17.5. The third-order valence-electron chi connectivity index (χ3n) is 6.85. The maximum absolute atomic E-state index is 13.6. The van der Waals surface area contributed by atoms with Crippen molar-refractivity contribution in [2.45, 2.75) is 37.3 Å². The van der Waals surface area contributed by atoms with Gasteiger partial charge in [-0.2, -0.15) is 0 Å². The van der Waals surface area contributed by atoms with E-state index in [-0.39, 0.29) is 17.9 Å². The largest absolute Gasteiger partial charge is 0.383 e. The zero-order valence-corrected chi connectivity index (χ0v) is 19.0. The van der Waals surface area contributed by atoms with E-state index in [0.29, 0.717) is 31.3 Å². The normalized spacial score (nSPS) is 23.2. The Morgan fingerprint density at radius 1 is 1.12 bits per heavy atom. The lowest BCUT2D eigenvalue weighted by molar-refractivity contribution is -0.124. The number of hydrogen-bond acceptors (Lipinski definition) is 4. The first-order valence-electron chi connectivity index (χ1n) is 11.5. The van der Waals surface area contributed by atoms with Gasteiger partial charge in [0.1, 0.15) is 0 Å². The summed E-state index contributed by atoms with van der Waals surface area (Å²) in [5, 5.41) is 3.20. The fraction of sp³-hybridized carbons (Fsp3) is 0.462. The van der Waals surface area contributed by atoms with E-state index in [1.807, 2.05) is 54.6 Å². The highest BCUT2D eigenvalue weighted by molar-refractivity contribution is 6.01. The topological polar surface area (TPSA) is 61.9 Å². The number of nitrogens with one attached hydrogen (secondary N) is 1. The minimum Gasteiger partial charge on any atom is -0.383 e. The number of nitrogens with zero attached hydrogens (tertiary/aromatic N) is 2. The Morgan fingerprint density at radius 2 is 1.88 bits per heavy atom. The fourth-order valence-electron chi connectivity index (χ4n) is 5.15. The maximum atomic E-state index is 13.6. The molecule has 0 radical (unpaired) electrons. The Labute approximate surface area is 190 Å². The summed E-state index contributed by atoms with van der Waals surface area (Å²) >= 11 is 0. The number of likely N-dealkylation sites (tertiary alicyclic amines) is 1. The van der Waals surface area contributed by atoms with E-state index in [9.17, 15) is 9.59 Å². The predicted molar refractivity (Wildman–Crippen MR) is 125 cm³/mol. The van der Waals surface area contributed by atoms with Crippen LogP contribution >= 0.6 is 0 Å². The number of benzene rings is 2. The van der Waals surface area contributed by atoms with Crippen molar-refractivity contribution >= 4 is 11.8 Å². The number of ether oxygens (including phenoxy) is 1. The summed E-state index contributed by atoms with van der Waals surface area (Å²) in [5.41, 5.74) is 2.36. The van der Waals surface area contributed by atoms with E-state index >= 15 is 0 Å². The lowest BCUT2D eigenvalue weighted by atomic mass is 9.79. The molecule has 2 aromatic rings. The second kappa shape index (κ2) is 10.3. The quantitative estimate of drug-likeness (QED) is 0.692. The lowest BCUT2D eigenvalue weighted by Gasteiger charge is -2.41. The molecule has 0 unspecified atom stereocenters. The molecule has 2 aliphatic rings. The predicted octanol–water partition coefficient (Wildman–Crippen LogP) is 3.21. The van der Waals surface area contributed by atoms with Gasteiger partial charge in [-0.3, -0.25) is 9.59 Å². The molecule has 32 heavy (non-hydrogen) atoms. The molecule has 6 nitrogen and oxygen atoms in total. The third-order valence-corrected chi connectivity index (χ3v) is 6.85. The van der Waals surface area contributed by atoms with Crippen molar-refractivity contribution in [1.29, 1.82) is 0 Å². The summed E-state index contributed by atoms with van der Waals surface area (Å²) in [6.45, 7) is 2.61. The second-order valence-electron chi connectivity index (χ2n) is 8.77. The Morgan fingerprint density at radius 3 is 2.59 bits per heavy atom. The van der Waals surface area contributed by atoms with Gasteiger partial charge in [-0.25, -0.2) is 0 Å². The van der Waals surface area contributed by atoms with Gasteiger partial charge in [0.25, 0.3) is 5.91 Å². The average Bonchev–Trinajstić information content (AvgIpc) is 3.23. The van der Waals surface area contributed by atoms with Gasteiger partial charge in [-0.15, -0.1) is 0 Å². The summed E-state index contributed by atoms with van der Waals surface area (Å²) < 4.78 is 5.29. The van der Waals surface area contributed by atoms with E-state index in [0.717, 1.165) is 24.1 Å². The number of hydrogen-bond donors (Lipinski definition) is 1. The van der Waals surface area contributed by atoms with Gasteiger partial charge in [0.15, 0.2) is 0 Å². The van der Waals surface area contributed by atoms with Crippen molar-refractivity contribution in [1.82, 2.24) is 15.1 Å². The first-order chi connectivity index (χ1) is 15.6. The number of amides is 2. The van der Waals surface area contributed by atoms with Gasteiger partial charge in [0.05, 0.1) is 18.6 Å². The highest BCUT2D eigenvalue weighted by Crippen LogP contribution is 2.42. The van der Waals surface area contributed by atoms with Crippen LogP contribution in [-0.4, -0.2) is 68.1 Å². The van der Waals surface area contributed by atoms with Crippen LogP contribution in [0, 0.1) is 0 Å². The molecule has 4 rings (SSSR count). The molecule has 0 aliphatic carbocycles. The van der Waals surface area contributed by atoms with E-state index in [2.05, 4.69) is 17.3 Å². The molecule has 6 heteroatoms. The number of fused-ring (bicyclic) bond motifs is 1. The highest BCUT2D eigenvalue weighted by atomic mass is 16.5. The van der Waals surface area contributed by atoms with Crippen LogP contribution in [0.15, 0.2) is 54.6 Å². The van der Waals surface area contributed by atoms with Crippen LogP contribution in [0.5, 0.6) is 0 Å². The highest BCUT2D eigenvalue weighted by Gasteiger charge is 2.43. The molecule has 3 atom stereocenters. The third kappa shape index (κ3) is 4.57. The summed E-state index contributed by atoms with van der Waals surface area (Å²) in [5.74, 6) is -0.547. The van der Waals surface area contributed by atoms with Crippen LogP contribution in [0.1, 0.15) is 52.7 Å². The molecule has 1 saturated heterocycles. The van der Waals surface area contributed by atoms with Crippen LogP contribution in [0.2, 0.25) is 0 Å². The lowest BCUT2D eigenvalue weighted by Crippen LogP contribution is -2.48. The van der Waals surface area contributed by atoms with Crippen molar-refractivity contribution in [3.63, 3.8) is 0 Å². The fourth-order valence-corrected chi connectivity index (χ4v) is 5.15. The smallest absolute Gasteiger partial charge is 0.254 e. The van der Waals surface area contributed by atoms with Gasteiger partial charge in [0.2, 0.25) is 5.91 Å². The van der Waals surface area contributed by atoms with E-state index in [4.69, 9.17) is 4.74 Å². The summed E-state index contributed by atoms with van der Waals surface area (Å²) in [4.78, 5) is 31.2. The first-order valence-corrected chi connectivity index (χ1v) is 11.5. The van der Waals surface area contributed by atoms with Crippen molar-refractivity contribution in [3.05, 3.63) is 71.3 Å². The van der Waals surface area contributed by atoms with Gasteiger partial charge >= 0.3 is 0 Å². The van der Waals surface area contributed by atoms with E-state index in [1.165, 1.54) is 12.8 Å². The van der Waals surface area contributed by atoms with Gasteiger partial charge in [-0.1, -0.05) is 48.5 Å². The maximum Gasteiger partial charge on any atom is 0.254 e. The zero-order chi connectivity index (χ0) is 22.5. The average molecular weight is 436 g/mol. The minimum atomic E-state index is -0.468. The van der Waals surface area contributed by atoms with Crippen molar-refractivity contribution in [2.24, 2.45) is 0 Å². The van der Waals surface area contributed by atoms with E-state index < -0.39 is 5.92 Å². The zero-order valence-electron chi connectivity index (χ0n) is 19.0. The Hall–Kier alpha value is -2.70. The molecule has 1 fully saturated rings. The molecular weight excluding hydrogens is 402 g/mol. The molecule has 1 N–H and O–H groups in total. The standard InChI is InChI=1S/C26H33N3O3/c1-28-16-8-11-20(28)14-15-27-25(30)23-21-12-6-7-13-22(21)26(31)29(17-18-32-2)24(23)19-9-4-3-5-10-19/h3-7,9-10,12-13,20,23-24H,8,11,14-18H2,1-2H3,(H,27,30)/t20-,23+,24+/m1/s1. The molecule has 0 bridgehead atoms. The Balaban J connectivity index is 1.64. The molecule has 170 valence electrons. The molecule has 0 saturated carbocycles. The van der Waals surface area contributed by atoms with Crippen LogP contribution in [0.3, 0.4) is 0 Å². The molecule has 2 amide bonds. The Kier molecular flexibility index (Phi) is 7.22. The van der Waals surface area contributed by atoms with Crippen molar-refractivity contribution in [2.75, 3.05) is 40.4 Å². The molecule has 0 spiro atoms. The molecule has 2 aliphatic heterocycles. The van der Waals surface area contributed by atoms with Crippen LogP contribution in [0.4, 0.5) is 0 Å². The Bertz CT molecular complexity index is 933. The molecular formula is C26H33N3O3. The molecule has 2 heterocycles. The van der Waals surface area contributed by atoms with E-state index in [1.54, 1.807) is 12.0 Å². The molecule has 2 aromatic carbocycles. The van der Waals surface area contributed by atoms with Crippen LogP contribution < -0.4 is 5.32 Å². The number of carbonyl (C=O) groups excluding carboxylic acids is 2. The SMILES string of the molecule is COCCN1C(=O)c2ccccc2[C@H](C(=O)NCC[C@H]2CCCN2C)[C@@H]1c1ccccc1. The van der Waals surface area contributed by atoms with Crippen molar-refractivity contribution in [3.8, 4) is 0 Å². The molecule has 0 aromatic heterocycles. The summed E-state index contributed by atoms with van der Waals surface area (Å²) in [7, 11) is 3.78. The number of carbonyl (C=O) groups is 2. The van der Waals surface area contributed by atoms with Gasteiger partial charge in [-0.05, 0) is 50.0 Å². The van der Waals surface area contributed by atoms with Crippen LogP contribution in [-0.2, 0) is 9.53 Å². The monoisotopic (exact) mass is 435 g/mol. The first kappa shape index (κ1) is 22.5. The number of rotatable bonds is 8.